The first-order chi connectivity index (χ1) is 8.08. The van der Waals surface area contributed by atoms with E-state index in [1.165, 1.54) is 0 Å². The molecule has 0 saturated heterocycles. The van der Waals surface area contributed by atoms with Crippen LogP contribution in [0.3, 0.4) is 0 Å². The molecule has 0 radical (unpaired) electrons. The Morgan fingerprint density at radius 1 is 1.35 bits per heavy atom. The minimum atomic E-state index is -0.964. The zero-order chi connectivity index (χ0) is 12.0. The maximum Gasteiger partial charge on any atom is 0.306 e. The highest BCUT2D eigenvalue weighted by atomic mass is 16.4. The summed E-state index contributed by atoms with van der Waals surface area (Å²) in [4.78, 5) is 13.8. The Hall–Kier alpha value is -1.81. The molecule has 1 fully saturated rings. The minimum absolute atomic E-state index is 0.304. The van der Waals surface area contributed by atoms with Crippen molar-refractivity contribution in [1.29, 1.82) is 0 Å². The van der Waals surface area contributed by atoms with Crippen LogP contribution in [0.1, 0.15) is 18.4 Å². The van der Waals surface area contributed by atoms with E-state index in [2.05, 4.69) is 4.98 Å². The number of benzene rings is 1. The number of hydrogen-bond donors (Lipinski definition) is 3. The Balaban J connectivity index is 1.91. The van der Waals surface area contributed by atoms with Crippen molar-refractivity contribution in [3.8, 4) is 0 Å². The second kappa shape index (κ2) is 3.34. The molecule has 0 amide bonds. The third-order valence-corrected chi connectivity index (χ3v) is 3.61. The van der Waals surface area contributed by atoms with Gasteiger partial charge in [0.05, 0.1) is 11.5 Å². The average molecular weight is 231 g/mol. The number of carboxylic acids is 1. The molecule has 17 heavy (non-hydrogen) atoms. The van der Waals surface area contributed by atoms with Gasteiger partial charge in [0, 0.05) is 11.7 Å². The van der Waals surface area contributed by atoms with Crippen molar-refractivity contribution in [2.45, 2.75) is 18.4 Å². The van der Waals surface area contributed by atoms with Crippen molar-refractivity contribution in [2.24, 2.45) is 5.92 Å². The normalized spacial score (nSPS) is 27.9. The highest BCUT2D eigenvalue weighted by Crippen LogP contribution is 2.46. The van der Waals surface area contributed by atoms with Crippen LogP contribution in [0, 0.1) is 5.92 Å². The first kappa shape index (κ1) is 10.4. The third kappa shape index (κ3) is 1.52. The van der Waals surface area contributed by atoms with Crippen LogP contribution in [0.5, 0.6) is 0 Å². The van der Waals surface area contributed by atoms with Gasteiger partial charge in [0.25, 0.3) is 0 Å². The van der Waals surface area contributed by atoms with Crippen molar-refractivity contribution in [2.75, 3.05) is 0 Å². The largest absolute Gasteiger partial charge is 0.481 e. The number of hydrogen-bond acceptors (Lipinski definition) is 2. The topological polar surface area (TPSA) is 73.3 Å². The monoisotopic (exact) mass is 231 g/mol. The molecule has 1 aromatic carbocycles. The van der Waals surface area contributed by atoms with Crippen LogP contribution in [0.15, 0.2) is 30.5 Å². The summed E-state index contributed by atoms with van der Waals surface area (Å²) in [5.74, 6) is -1.24. The van der Waals surface area contributed by atoms with Crippen LogP contribution in [0.4, 0.5) is 0 Å². The van der Waals surface area contributed by atoms with Gasteiger partial charge in [-0.05, 0) is 42.0 Å². The minimum Gasteiger partial charge on any atom is -0.481 e. The molecular formula is C13H13NO3. The maximum absolute atomic E-state index is 10.8. The van der Waals surface area contributed by atoms with Crippen LogP contribution in [0.25, 0.3) is 10.9 Å². The van der Waals surface area contributed by atoms with E-state index in [-0.39, 0.29) is 0 Å². The number of fused-ring (bicyclic) bond motifs is 1. The van der Waals surface area contributed by atoms with Gasteiger partial charge >= 0.3 is 5.97 Å². The number of H-pyrrole nitrogens is 1. The van der Waals surface area contributed by atoms with Crippen molar-refractivity contribution >= 4 is 16.9 Å². The fourth-order valence-electron chi connectivity index (χ4n) is 2.51. The highest BCUT2D eigenvalue weighted by Gasteiger charge is 2.47. The van der Waals surface area contributed by atoms with E-state index < -0.39 is 17.5 Å². The molecule has 3 N–H and O–H groups in total. The lowest BCUT2D eigenvalue weighted by Crippen LogP contribution is -2.44. The molecule has 4 heteroatoms. The lowest BCUT2D eigenvalue weighted by Gasteiger charge is -2.41. The third-order valence-electron chi connectivity index (χ3n) is 3.61. The number of nitrogens with one attached hydrogen (secondary N) is 1. The standard InChI is InChI=1S/C13H13NO3/c15-12(16)9-6-13(17,7-9)10-1-2-11-8(5-10)3-4-14-11/h1-5,9,14,17H,6-7H2,(H,15,16). The maximum atomic E-state index is 10.8. The highest BCUT2D eigenvalue weighted by molar-refractivity contribution is 5.80. The summed E-state index contributed by atoms with van der Waals surface area (Å²) in [6.45, 7) is 0. The number of aliphatic carboxylic acids is 1. The molecule has 0 bridgehead atoms. The molecule has 1 aromatic heterocycles. The molecule has 1 aliphatic carbocycles. The summed E-state index contributed by atoms with van der Waals surface area (Å²) >= 11 is 0. The summed E-state index contributed by atoms with van der Waals surface area (Å²) in [6, 6.07) is 7.63. The summed E-state index contributed by atoms with van der Waals surface area (Å²) in [7, 11) is 0. The van der Waals surface area contributed by atoms with E-state index in [4.69, 9.17) is 5.11 Å². The molecule has 4 nitrogen and oxygen atoms in total. The van der Waals surface area contributed by atoms with Crippen LogP contribution in [0.2, 0.25) is 0 Å². The molecule has 3 rings (SSSR count). The summed E-state index contributed by atoms with van der Waals surface area (Å²) in [6.07, 6.45) is 2.45. The number of carbonyl (C=O) groups is 1. The molecule has 1 aliphatic rings. The quantitative estimate of drug-likeness (QED) is 0.738. The summed E-state index contributed by atoms with van der Waals surface area (Å²) < 4.78 is 0. The molecule has 0 atom stereocenters. The summed E-state index contributed by atoms with van der Waals surface area (Å²) in [5, 5.41) is 20.2. The Morgan fingerprint density at radius 2 is 2.12 bits per heavy atom. The van der Waals surface area contributed by atoms with Crippen LogP contribution >= 0.6 is 0 Å². The number of rotatable bonds is 2. The molecule has 0 spiro atoms. The first-order valence-electron chi connectivity index (χ1n) is 5.61. The zero-order valence-corrected chi connectivity index (χ0v) is 9.18. The van der Waals surface area contributed by atoms with Crippen molar-refractivity contribution < 1.29 is 15.0 Å². The van der Waals surface area contributed by atoms with Gasteiger partial charge in [0.15, 0.2) is 0 Å². The second-order valence-electron chi connectivity index (χ2n) is 4.75. The number of aromatic amines is 1. The molecular weight excluding hydrogens is 218 g/mol. The van der Waals surface area contributed by atoms with Crippen LogP contribution in [-0.2, 0) is 10.4 Å². The fourth-order valence-corrected chi connectivity index (χ4v) is 2.51. The van der Waals surface area contributed by atoms with Gasteiger partial charge in [-0.25, -0.2) is 0 Å². The molecule has 88 valence electrons. The van der Waals surface area contributed by atoms with E-state index >= 15 is 0 Å². The van der Waals surface area contributed by atoms with Crippen molar-refractivity contribution in [1.82, 2.24) is 4.98 Å². The molecule has 1 heterocycles. The predicted octanol–water partition coefficient (Wildman–Crippen LogP) is 1.85. The molecule has 2 aromatic rings. The van der Waals surface area contributed by atoms with E-state index in [1.54, 1.807) is 0 Å². The van der Waals surface area contributed by atoms with Gasteiger partial charge < -0.3 is 15.2 Å². The Kier molecular flexibility index (Phi) is 2.03. The van der Waals surface area contributed by atoms with Gasteiger partial charge in [-0.2, -0.15) is 0 Å². The fraction of sp³-hybridized carbons (Fsp3) is 0.308. The average Bonchev–Trinajstić information content (AvgIpc) is 2.71. The van der Waals surface area contributed by atoms with E-state index in [9.17, 15) is 9.90 Å². The second-order valence-corrected chi connectivity index (χ2v) is 4.75. The Labute approximate surface area is 97.9 Å². The van der Waals surface area contributed by atoms with Gasteiger partial charge in [0.2, 0.25) is 0 Å². The SMILES string of the molecule is O=C(O)C1CC(O)(c2ccc3[nH]ccc3c2)C1. The smallest absolute Gasteiger partial charge is 0.306 e. The number of aliphatic hydroxyl groups is 1. The molecule has 0 unspecified atom stereocenters. The number of aromatic nitrogens is 1. The van der Waals surface area contributed by atoms with Gasteiger partial charge in [-0.15, -0.1) is 0 Å². The molecule has 1 saturated carbocycles. The van der Waals surface area contributed by atoms with Gasteiger partial charge in [0.1, 0.15) is 0 Å². The molecule has 0 aliphatic heterocycles. The van der Waals surface area contributed by atoms with Gasteiger partial charge in [-0.3, -0.25) is 4.79 Å². The zero-order valence-electron chi connectivity index (χ0n) is 9.18. The lowest BCUT2D eigenvalue weighted by molar-refractivity contribution is -0.159. The van der Waals surface area contributed by atoms with Gasteiger partial charge in [-0.1, -0.05) is 6.07 Å². The predicted molar refractivity (Wildman–Crippen MR) is 62.6 cm³/mol. The summed E-state index contributed by atoms with van der Waals surface area (Å²) in [5.41, 5.74) is 0.864. The first-order valence-corrected chi connectivity index (χ1v) is 5.61. The van der Waals surface area contributed by atoms with E-state index in [0.29, 0.717) is 12.8 Å². The van der Waals surface area contributed by atoms with Crippen LogP contribution < -0.4 is 0 Å². The van der Waals surface area contributed by atoms with E-state index in [1.807, 2.05) is 30.5 Å². The number of carboxylic acid groups (broad SMARTS) is 1. The van der Waals surface area contributed by atoms with Crippen LogP contribution in [-0.4, -0.2) is 21.2 Å². The Morgan fingerprint density at radius 3 is 2.82 bits per heavy atom. The van der Waals surface area contributed by atoms with E-state index in [0.717, 1.165) is 16.5 Å². The van der Waals surface area contributed by atoms with Crippen molar-refractivity contribution in [3.05, 3.63) is 36.0 Å². The lowest BCUT2D eigenvalue weighted by atomic mass is 9.67. The Bertz CT molecular complexity index is 581. The van der Waals surface area contributed by atoms with Crippen molar-refractivity contribution in [3.63, 3.8) is 0 Å².